The van der Waals surface area contributed by atoms with Crippen LogP contribution in [0.2, 0.25) is 0 Å². The lowest BCUT2D eigenvalue weighted by molar-refractivity contribution is -0.145. The maximum atomic E-state index is 12.6. The van der Waals surface area contributed by atoms with Crippen LogP contribution in [0.25, 0.3) is 0 Å². The Balaban J connectivity index is 1.59. The molecule has 1 N–H and O–H groups in total. The predicted octanol–water partition coefficient (Wildman–Crippen LogP) is 5.57. The van der Waals surface area contributed by atoms with E-state index in [-0.39, 0.29) is 5.41 Å². The van der Waals surface area contributed by atoms with E-state index in [1.165, 1.54) is 32.1 Å². The van der Waals surface area contributed by atoms with Crippen LogP contribution in [0.15, 0.2) is 12.7 Å². The first-order valence-electron chi connectivity index (χ1n) is 10.7. The van der Waals surface area contributed by atoms with Crippen LogP contribution in [0.1, 0.15) is 71.6 Å². The van der Waals surface area contributed by atoms with Gasteiger partial charge in [0, 0.05) is 5.92 Å². The lowest BCUT2D eigenvalue weighted by atomic mass is 9.44. The van der Waals surface area contributed by atoms with E-state index in [2.05, 4.69) is 43.0 Å². The summed E-state index contributed by atoms with van der Waals surface area (Å²) >= 11 is 2.26. The molecule has 0 saturated heterocycles. The zero-order valence-electron chi connectivity index (χ0n) is 16.5. The van der Waals surface area contributed by atoms with Gasteiger partial charge in [-0.3, -0.25) is 4.79 Å². The molecule has 0 radical (unpaired) electrons. The van der Waals surface area contributed by atoms with E-state index < -0.39 is 5.60 Å². The summed E-state index contributed by atoms with van der Waals surface area (Å²) in [7, 11) is 0. The minimum atomic E-state index is -0.634. The van der Waals surface area contributed by atoms with Crippen molar-refractivity contribution in [3.05, 3.63) is 12.7 Å². The van der Waals surface area contributed by atoms with Crippen molar-refractivity contribution in [1.29, 1.82) is 0 Å². The van der Waals surface area contributed by atoms with Gasteiger partial charge >= 0.3 is 0 Å². The lowest BCUT2D eigenvalue weighted by Crippen LogP contribution is -2.55. The number of Topliss-reactive ketones (excluding diaryl/α,β-unsaturated/α-hetero) is 1. The summed E-state index contributed by atoms with van der Waals surface area (Å²) < 4.78 is 0.679. The van der Waals surface area contributed by atoms with Gasteiger partial charge in [0.05, 0.1) is 10.0 Å². The van der Waals surface area contributed by atoms with Crippen LogP contribution in [-0.4, -0.2) is 20.9 Å². The van der Waals surface area contributed by atoms with Gasteiger partial charge < -0.3 is 5.11 Å². The Morgan fingerprint density at radius 2 is 1.81 bits per heavy atom. The predicted molar refractivity (Wildman–Crippen MR) is 114 cm³/mol. The molecule has 0 heterocycles. The average Bonchev–Trinajstić information content (AvgIpc) is 2.99. The molecule has 146 valence electrons. The van der Waals surface area contributed by atoms with E-state index in [4.69, 9.17) is 0 Å². The summed E-state index contributed by atoms with van der Waals surface area (Å²) in [6.07, 6.45) is 12.2. The number of fused-ring (bicyclic) bond motifs is 5. The molecule has 4 aliphatic rings. The maximum Gasteiger partial charge on any atom is 0.146 e. The second-order valence-corrected chi connectivity index (χ2v) is 11.2. The third-order valence-corrected chi connectivity index (χ3v) is 10.4. The van der Waals surface area contributed by atoms with Crippen molar-refractivity contribution in [2.45, 2.75) is 77.2 Å². The summed E-state index contributed by atoms with van der Waals surface area (Å²) in [5.41, 5.74) is -0.000658. The molecule has 8 atom stereocenters. The van der Waals surface area contributed by atoms with Gasteiger partial charge in [-0.15, -0.1) is 6.58 Å². The zero-order valence-corrected chi connectivity index (χ0v) is 18.6. The van der Waals surface area contributed by atoms with E-state index in [1.807, 2.05) is 0 Å². The summed E-state index contributed by atoms with van der Waals surface area (Å²) in [4.78, 5) is 12.6. The maximum absolute atomic E-state index is 12.6. The molecule has 2 nitrogen and oxygen atoms in total. The van der Waals surface area contributed by atoms with Crippen LogP contribution >= 0.6 is 22.6 Å². The van der Waals surface area contributed by atoms with Gasteiger partial charge in [0.25, 0.3) is 0 Å². The minimum absolute atomic E-state index is 0.253. The molecule has 4 rings (SSSR count). The van der Waals surface area contributed by atoms with E-state index in [0.717, 1.165) is 43.4 Å². The second-order valence-electron chi connectivity index (χ2n) is 10.4. The van der Waals surface area contributed by atoms with Crippen LogP contribution in [0, 0.1) is 40.4 Å². The molecule has 0 bridgehead atoms. The van der Waals surface area contributed by atoms with Crippen LogP contribution in [-0.2, 0) is 4.79 Å². The van der Waals surface area contributed by atoms with Crippen LogP contribution < -0.4 is 0 Å². The van der Waals surface area contributed by atoms with Crippen molar-refractivity contribution in [1.82, 2.24) is 0 Å². The zero-order chi connectivity index (χ0) is 18.7. The molecule has 0 aromatic carbocycles. The molecule has 4 fully saturated rings. The van der Waals surface area contributed by atoms with E-state index in [0.29, 0.717) is 27.5 Å². The lowest BCUT2D eigenvalue weighted by Gasteiger charge is -2.61. The van der Waals surface area contributed by atoms with Gasteiger partial charge in [0.1, 0.15) is 5.78 Å². The standard InChI is InChI=1S/C23H35IO2/c1-4-23(26)12-11-21(2)15(13-23)5-6-16-17-7-8-19(20(25)14-24)22(17,3)10-9-18(16)21/h4,15-19,26H,1,5-14H2,2-3H3/t15?,16-,17-,18-,19+,21-,22-,23?/m0/s1. The average molecular weight is 470 g/mol. The molecule has 0 aromatic heterocycles. The van der Waals surface area contributed by atoms with Crippen molar-refractivity contribution < 1.29 is 9.90 Å². The molecule has 0 spiro atoms. The number of aliphatic hydroxyl groups is 1. The SMILES string of the molecule is C=CC1(O)CC[C@@]2(C)C(CC[C@H]3[C@@H]4CC[C@H](C(=O)CI)[C@@]4(C)CC[C@@H]32)C1. The number of carbonyl (C=O) groups excluding carboxylic acids is 1. The quantitative estimate of drug-likeness (QED) is 0.333. The van der Waals surface area contributed by atoms with Crippen molar-refractivity contribution in [2.75, 3.05) is 4.43 Å². The summed E-state index contributed by atoms with van der Waals surface area (Å²) in [5.74, 6) is 3.80. The normalized spacial score (nSPS) is 53.3. The van der Waals surface area contributed by atoms with Crippen molar-refractivity contribution in [3.63, 3.8) is 0 Å². The van der Waals surface area contributed by atoms with E-state index in [9.17, 15) is 9.90 Å². The molecule has 2 unspecified atom stereocenters. The number of hydrogen-bond donors (Lipinski definition) is 1. The smallest absolute Gasteiger partial charge is 0.146 e. The van der Waals surface area contributed by atoms with Crippen molar-refractivity contribution in [2.24, 2.45) is 40.4 Å². The number of alkyl halides is 1. The van der Waals surface area contributed by atoms with Crippen molar-refractivity contribution in [3.8, 4) is 0 Å². The Hall–Kier alpha value is 0.100. The van der Waals surface area contributed by atoms with Crippen LogP contribution in [0.3, 0.4) is 0 Å². The third kappa shape index (κ3) is 2.69. The second kappa shape index (κ2) is 6.57. The first-order chi connectivity index (χ1) is 12.3. The van der Waals surface area contributed by atoms with Gasteiger partial charge in [-0.2, -0.15) is 0 Å². The highest BCUT2D eigenvalue weighted by molar-refractivity contribution is 14.1. The Labute approximate surface area is 172 Å². The van der Waals surface area contributed by atoms with Crippen LogP contribution in [0.5, 0.6) is 0 Å². The molecular weight excluding hydrogens is 435 g/mol. The summed E-state index contributed by atoms with van der Waals surface area (Å²) in [6.45, 7) is 8.88. The fraction of sp³-hybridized carbons (Fsp3) is 0.870. The largest absolute Gasteiger partial charge is 0.386 e. The van der Waals surface area contributed by atoms with Gasteiger partial charge in [0.15, 0.2) is 0 Å². The fourth-order valence-electron chi connectivity index (χ4n) is 8.08. The number of hydrogen-bond acceptors (Lipinski definition) is 2. The van der Waals surface area contributed by atoms with Crippen LogP contribution in [0.4, 0.5) is 0 Å². The molecule has 26 heavy (non-hydrogen) atoms. The number of ketones is 1. The highest BCUT2D eigenvalue weighted by Crippen LogP contribution is 2.68. The minimum Gasteiger partial charge on any atom is -0.386 e. The Kier molecular flexibility index (Phi) is 4.91. The Morgan fingerprint density at radius 1 is 1.08 bits per heavy atom. The summed E-state index contributed by atoms with van der Waals surface area (Å²) in [5, 5.41) is 10.8. The van der Waals surface area contributed by atoms with Gasteiger partial charge in [0.2, 0.25) is 0 Å². The van der Waals surface area contributed by atoms with Gasteiger partial charge in [-0.05, 0) is 92.3 Å². The molecule has 4 saturated carbocycles. The van der Waals surface area contributed by atoms with E-state index >= 15 is 0 Å². The molecule has 0 aromatic rings. The first kappa shape index (κ1) is 19.4. The monoisotopic (exact) mass is 470 g/mol. The highest BCUT2D eigenvalue weighted by Gasteiger charge is 2.61. The highest BCUT2D eigenvalue weighted by atomic mass is 127. The molecule has 0 aliphatic heterocycles. The molecular formula is C23H35IO2. The molecule has 3 heteroatoms. The molecule has 0 amide bonds. The number of halogens is 1. The summed E-state index contributed by atoms with van der Waals surface area (Å²) in [6, 6.07) is 0. The first-order valence-corrected chi connectivity index (χ1v) is 12.2. The van der Waals surface area contributed by atoms with Crippen molar-refractivity contribution >= 4 is 28.4 Å². The Morgan fingerprint density at radius 3 is 2.50 bits per heavy atom. The topological polar surface area (TPSA) is 37.3 Å². The Bertz CT molecular complexity index is 603. The van der Waals surface area contributed by atoms with Gasteiger partial charge in [-0.25, -0.2) is 0 Å². The third-order valence-electron chi connectivity index (χ3n) is 9.66. The number of rotatable bonds is 3. The molecule has 4 aliphatic carbocycles. The van der Waals surface area contributed by atoms with Gasteiger partial charge in [-0.1, -0.05) is 42.5 Å². The fourth-order valence-corrected chi connectivity index (χ4v) is 8.61. The number of carbonyl (C=O) groups is 1. The van der Waals surface area contributed by atoms with E-state index in [1.54, 1.807) is 6.08 Å².